The molecule has 1 N–H and O–H groups in total. The zero-order valence-electron chi connectivity index (χ0n) is 16.4. The van der Waals surface area contributed by atoms with E-state index >= 15 is 0 Å². The first-order chi connectivity index (χ1) is 14.8. The van der Waals surface area contributed by atoms with E-state index < -0.39 is 11.7 Å². The van der Waals surface area contributed by atoms with Crippen molar-refractivity contribution < 1.29 is 23.0 Å². The Kier molecular flexibility index (Phi) is 5.64. The number of hydrogen-bond acceptors (Lipinski definition) is 3. The van der Waals surface area contributed by atoms with Gasteiger partial charge in [0.15, 0.2) is 0 Å². The van der Waals surface area contributed by atoms with Crippen molar-refractivity contribution >= 4 is 22.5 Å². The van der Waals surface area contributed by atoms with E-state index in [4.69, 9.17) is 16.3 Å². The highest BCUT2D eigenvalue weighted by atomic mass is 35.5. The molecule has 0 saturated heterocycles. The average Bonchev–Trinajstić information content (AvgIpc) is 3.08. The van der Waals surface area contributed by atoms with Crippen LogP contribution in [-0.2, 0) is 12.7 Å². The van der Waals surface area contributed by atoms with E-state index in [1.165, 1.54) is 12.1 Å². The highest BCUT2D eigenvalue weighted by Crippen LogP contribution is 2.37. The van der Waals surface area contributed by atoms with Crippen LogP contribution < -0.4 is 4.74 Å². The molecule has 0 aliphatic rings. The third-order valence-electron chi connectivity index (χ3n) is 4.87. The molecule has 0 aliphatic carbocycles. The number of ether oxygens (including phenoxy) is 1. The summed E-state index contributed by atoms with van der Waals surface area (Å²) in [6.45, 7) is 2.27. The number of hydrogen-bond donors (Lipinski definition) is 1. The minimum atomic E-state index is -4.40. The number of nitrogens with zero attached hydrogens (tertiary/aromatic N) is 2. The van der Waals surface area contributed by atoms with Crippen molar-refractivity contribution in [2.75, 3.05) is 6.61 Å². The van der Waals surface area contributed by atoms with Gasteiger partial charge in [-0.2, -0.15) is 13.2 Å². The molecule has 8 heteroatoms. The van der Waals surface area contributed by atoms with Gasteiger partial charge in [0.25, 0.3) is 0 Å². The Labute approximate surface area is 181 Å². The summed E-state index contributed by atoms with van der Waals surface area (Å²) >= 11 is 6.38. The summed E-state index contributed by atoms with van der Waals surface area (Å²) < 4.78 is 46.1. The molecule has 4 aromatic rings. The Morgan fingerprint density at radius 1 is 1.06 bits per heavy atom. The summed E-state index contributed by atoms with van der Waals surface area (Å²) in [6.07, 6.45) is -0.895. The monoisotopic (exact) mass is 446 g/mol. The minimum Gasteiger partial charge on any atom is -0.457 e. The number of fused-ring (bicyclic) bond motifs is 1. The van der Waals surface area contributed by atoms with Gasteiger partial charge in [-0.1, -0.05) is 17.7 Å². The Hall–Kier alpha value is -3.03. The quantitative estimate of drug-likeness (QED) is 0.357. The molecular weight excluding hydrogens is 429 g/mol. The topological polar surface area (TPSA) is 47.3 Å². The van der Waals surface area contributed by atoms with Crippen molar-refractivity contribution in [3.05, 3.63) is 77.2 Å². The van der Waals surface area contributed by atoms with Gasteiger partial charge in [-0.25, -0.2) is 4.98 Å². The van der Waals surface area contributed by atoms with Crippen LogP contribution in [0.15, 0.2) is 60.9 Å². The fraction of sp³-hybridized carbons (Fsp3) is 0.174. The molecule has 2 aromatic heterocycles. The van der Waals surface area contributed by atoms with Gasteiger partial charge in [0.05, 0.1) is 17.7 Å². The molecule has 0 radical (unpaired) electrons. The molecule has 31 heavy (non-hydrogen) atoms. The van der Waals surface area contributed by atoms with Crippen LogP contribution in [-0.4, -0.2) is 21.3 Å². The highest BCUT2D eigenvalue weighted by molar-refractivity contribution is 6.35. The number of alkyl halides is 3. The molecule has 2 aromatic carbocycles. The first-order valence-corrected chi connectivity index (χ1v) is 9.85. The zero-order valence-corrected chi connectivity index (χ0v) is 17.2. The summed E-state index contributed by atoms with van der Waals surface area (Å²) in [5.41, 5.74) is 2.66. The highest BCUT2D eigenvalue weighted by Gasteiger charge is 2.30. The van der Waals surface area contributed by atoms with Crippen LogP contribution >= 0.6 is 11.6 Å². The predicted molar refractivity (Wildman–Crippen MR) is 114 cm³/mol. The summed E-state index contributed by atoms with van der Waals surface area (Å²) in [7, 11) is 0. The SMILES string of the molecule is Cc1cc(Oc2ccc(C(F)(F)F)cc2)cc(-c2cn(CCO)c3ccnc(Cl)c23)c1. The largest absolute Gasteiger partial charge is 0.457 e. The number of benzene rings is 2. The lowest BCUT2D eigenvalue weighted by atomic mass is 10.0. The molecule has 0 bridgehead atoms. The fourth-order valence-electron chi connectivity index (χ4n) is 3.53. The lowest BCUT2D eigenvalue weighted by Crippen LogP contribution is -2.04. The standard InChI is InChI=1S/C23H18ClF3N2O2/c1-14-10-15(19-13-29(8-9-30)20-6-7-28-22(24)21(19)20)12-18(11-14)31-17-4-2-16(3-5-17)23(25,26)27/h2-7,10-13,30H,8-9H2,1H3. The number of aryl methyl sites for hydroxylation is 1. The number of aromatic nitrogens is 2. The number of rotatable bonds is 5. The van der Waals surface area contributed by atoms with Gasteiger partial charge >= 0.3 is 6.18 Å². The molecule has 0 fully saturated rings. The molecule has 0 aliphatic heterocycles. The van der Waals surface area contributed by atoms with Crippen molar-refractivity contribution in [1.82, 2.24) is 9.55 Å². The number of aliphatic hydroxyl groups excluding tert-OH is 1. The minimum absolute atomic E-state index is 0.0285. The number of aliphatic hydroxyl groups is 1. The number of pyridine rings is 1. The van der Waals surface area contributed by atoms with Crippen molar-refractivity contribution in [3.8, 4) is 22.6 Å². The predicted octanol–water partition coefficient (Wildman–Crippen LogP) is 6.47. The molecule has 0 saturated carbocycles. The van der Waals surface area contributed by atoms with Crippen molar-refractivity contribution in [3.63, 3.8) is 0 Å². The van der Waals surface area contributed by atoms with Gasteiger partial charge in [0, 0.05) is 29.9 Å². The molecule has 0 unspecified atom stereocenters. The van der Waals surface area contributed by atoms with Crippen LogP contribution in [0.4, 0.5) is 13.2 Å². The number of halogens is 4. The summed E-state index contributed by atoms with van der Waals surface area (Å²) in [5, 5.41) is 10.5. The van der Waals surface area contributed by atoms with Crippen molar-refractivity contribution in [2.45, 2.75) is 19.6 Å². The maximum Gasteiger partial charge on any atom is 0.416 e. The smallest absolute Gasteiger partial charge is 0.416 e. The van der Waals surface area contributed by atoms with Gasteiger partial charge in [-0.3, -0.25) is 0 Å². The maximum atomic E-state index is 12.8. The van der Waals surface area contributed by atoms with Crippen LogP contribution in [0.25, 0.3) is 22.0 Å². The lowest BCUT2D eigenvalue weighted by molar-refractivity contribution is -0.137. The Bertz CT molecular complexity index is 1230. The second-order valence-corrected chi connectivity index (χ2v) is 7.47. The molecule has 4 nitrogen and oxygen atoms in total. The van der Waals surface area contributed by atoms with Gasteiger partial charge in [0.1, 0.15) is 16.7 Å². The normalized spacial score (nSPS) is 11.8. The molecule has 0 amide bonds. The summed E-state index contributed by atoms with van der Waals surface area (Å²) in [6, 6.07) is 11.9. The molecular formula is C23H18ClF3N2O2. The van der Waals surface area contributed by atoms with Gasteiger partial charge < -0.3 is 14.4 Å². The third kappa shape index (κ3) is 4.38. The van der Waals surface area contributed by atoms with Crippen LogP contribution in [0, 0.1) is 6.92 Å². The van der Waals surface area contributed by atoms with E-state index in [1.54, 1.807) is 18.3 Å². The van der Waals surface area contributed by atoms with Crippen LogP contribution in [0.3, 0.4) is 0 Å². The molecule has 0 atom stereocenters. The van der Waals surface area contributed by atoms with Crippen molar-refractivity contribution in [2.24, 2.45) is 0 Å². The van der Waals surface area contributed by atoms with Crippen LogP contribution in [0.2, 0.25) is 5.15 Å². The summed E-state index contributed by atoms with van der Waals surface area (Å²) in [5.74, 6) is 0.782. The van der Waals surface area contributed by atoms with Crippen LogP contribution in [0.1, 0.15) is 11.1 Å². The van der Waals surface area contributed by atoms with E-state index in [-0.39, 0.29) is 6.61 Å². The van der Waals surface area contributed by atoms with E-state index in [2.05, 4.69) is 4.98 Å². The second-order valence-electron chi connectivity index (χ2n) is 7.11. The van der Waals surface area contributed by atoms with Crippen LogP contribution in [0.5, 0.6) is 11.5 Å². The average molecular weight is 447 g/mol. The maximum absolute atomic E-state index is 12.8. The van der Waals surface area contributed by atoms with E-state index in [0.29, 0.717) is 23.2 Å². The first kappa shape index (κ1) is 21.2. The Morgan fingerprint density at radius 2 is 1.81 bits per heavy atom. The van der Waals surface area contributed by atoms with Gasteiger partial charge in [0.2, 0.25) is 0 Å². The Balaban J connectivity index is 1.74. The van der Waals surface area contributed by atoms with Crippen molar-refractivity contribution in [1.29, 1.82) is 0 Å². The second kappa shape index (κ2) is 8.24. The lowest BCUT2D eigenvalue weighted by Gasteiger charge is -2.11. The molecule has 4 rings (SSSR count). The van der Waals surface area contributed by atoms with E-state index in [1.807, 2.05) is 29.8 Å². The van der Waals surface area contributed by atoms with E-state index in [0.717, 1.165) is 39.7 Å². The van der Waals surface area contributed by atoms with E-state index in [9.17, 15) is 18.3 Å². The first-order valence-electron chi connectivity index (χ1n) is 9.47. The molecule has 160 valence electrons. The fourth-order valence-corrected chi connectivity index (χ4v) is 3.78. The van der Waals surface area contributed by atoms with Gasteiger partial charge in [-0.05, 0) is 60.5 Å². The van der Waals surface area contributed by atoms with Gasteiger partial charge in [-0.15, -0.1) is 0 Å². The molecule has 0 spiro atoms. The Morgan fingerprint density at radius 3 is 2.48 bits per heavy atom. The molecule has 2 heterocycles. The zero-order chi connectivity index (χ0) is 22.2. The summed E-state index contributed by atoms with van der Waals surface area (Å²) in [4.78, 5) is 4.17. The third-order valence-corrected chi connectivity index (χ3v) is 5.15.